The summed E-state index contributed by atoms with van der Waals surface area (Å²) >= 11 is 0. The monoisotopic (exact) mass is 330 g/mol. The molecule has 0 spiro atoms. The second-order valence-corrected chi connectivity index (χ2v) is 7.22. The van der Waals surface area contributed by atoms with Crippen LogP contribution in [-0.4, -0.2) is 54.3 Å². The largest absolute Gasteiger partial charge is 0.382 e. The highest BCUT2D eigenvalue weighted by Crippen LogP contribution is 2.25. The molecule has 1 fully saturated rings. The third-order valence-electron chi connectivity index (χ3n) is 4.52. The summed E-state index contributed by atoms with van der Waals surface area (Å²) < 4.78 is 11.2. The molecule has 1 aliphatic heterocycles. The minimum absolute atomic E-state index is 0.0765. The number of aryl methyl sites for hydroxylation is 1. The average Bonchev–Trinajstić information content (AvgIpc) is 2.90. The Hall–Kier alpha value is -1.85. The van der Waals surface area contributed by atoms with Crippen molar-refractivity contribution in [3.8, 4) is 0 Å². The summed E-state index contributed by atoms with van der Waals surface area (Å²) in [4.78, 5) is 18.0. The fourth-order valence-corrected chi connectivity index (χ4v) is 3.62. The van der Waals surface area contributed by atoms with E-state index in [1.165, 1.54) is 5.56 Å². The van der Waals surface area contributed by atoms with Gasteiger partial charge in [0.05, 0.1) is 24.7 Å². The Bertz CT molecular complexity index is 735. The Labute approximate surface area is 142 Å². The Kier molecular flexibility index (Phi) is 4.65. The van der Waals surface area contributed by atoms with E-state index in [0.717, 1.165) is 16.5 Å². The summed E-state index contributed by atoms with van der Waals surface area (Å²) in [7, 11) is 1.66. The number of methoxy groups -OCH3 is 1. The summed E-state index contributed by atoms with van der Waals surface area (Å²) in [6.45, 7) is 7.80. The molecule has 24 heavy (non-hydrogen) atoms. The average molecular weight is 330 g/mol. The number of nitrogens with zero attached hydrogens (tertiary/aromatic N) is 1. The SMILES string of the molecule is COCC1CN(C(=O)Cc2c[nH]c3cccc(C)c23)CC(C)(C)O1. The second kappa shape index (κ2) is 6.57. The number of carbonyl (C=O) groups is 1. The molecule has 5 heteroatoms. The number of fused-ring (bicyclic) bond motifs is 1. The lowest BCUT2D eigenvalue weighted by atomic mass is 10.0. The van der Waals surface area contributed by atoms with Crippen LogP contribution < -0.4 is 0 Å². The van der Waals surface area contributed by atoms with E-state index in [1.54, 1.807) is 7.11 Å². The van der Waals surface area contributed by atoms with Crippen LogP contribution in [0.25, 0.3) is 10.9 Å². The highest BCUT2D eigenvalue weighted by Gasteiger charge is 2.35. The highest BCUT2D eigenvalue weighted by atomic mass is 16.5. The van der Waals surface area contributed by atoms with Crippen molar-refractivity contribution >= 4 is 16.8 Å². The van der Waals surface area contributed by atoms with Gasteiger partial charge in [0, 0.05) is 37.3 Å². The smallest absolute Gasteiger partial charge is 0.227 e. The van der Waals surface area contributed by atoms with E-state index in [2.05, 4.69) is 18.0 Å². The van der Waals surface area contributed by atoms with Crippen molar-refractivity contribution in [2.75, 3.05) is 26.8 Å². The number of nitrogens with one attached hydrogen (secondary N) is 1. The predicted molar refractivity (Wildman–Crippen MR) is 94.1 cm³/mol. The molecule has 1 atom stereocenters. The molecule has 1 aliphatic rings. The normalized spacial score (nSPS) is 20.5. The van der Waals surface area contributed by atoms with Crippen molar-refractivity contribution in [2.24, 2.45) is 0 Å². The number of aromatic amines is 1. The summed E-state index contributed by atoms with van der Waals surface area (Å²) in [5, 5.41) is 1.16. The molecule has 130 valence electrons. The summed E-state index contributed by atoms with van der Waals surface area (Å²) in [5.74, 6) is 0.136. The van der Waals surface area contributed by atoms with Crippen LogP contribution in [0.5, 0.6) is 0 Å². The van der Waals surface area contributed by atoms with Gasteiger partial charge in [0.15, 0.2) is 0 Å². The molecule has 5 nitrogen and oxygen atoms in total. The number of carbonyl (C=O) groups excluding carboxylic acids is 1. The molecule has 1 saturated heterocycles. The first-order valence-corrected chi connectivity index (χ1v) is 8.40. The first-order valence-electron chi connectivity index (χ1n) is 8.40. The molecule has 1 amide bonds. The molecule has 1 N–H and O–H groups in total. The molecule has 3 rings (SSSR count). The summed E-state index contributed by atoms with van der Waals surface area (Å²) in [6.07, 6.45) is 2.28. The van der Waals surface area contributed by atoms with Gasteiger partial charge in [0.2, 0.25) is 5.91 Å². The topological polar surface area (TPSA) is 54.6 Å². The third-order valence-corrected chi connectivity index (χ3v) is 4.52. The lowest BCUT2D eigenvalue weighted by molar-refractivity contribution is -0.168. The quantitative estimate of drug-likeness (QED) is 0.938. The van der Waals surface area contributed by atoms with Gasteiger partial charge in [0.25, 0.3) is 0 Å². The standard InChI is InChI=1S/C19H26N2O3/c1-13-6-5-7-16-18(13)14(9-20-16)8-17(22)21-10-15(11-23-4)24-19(2,3)12-21/h5-7,9,15,20H,8,10-12H2,1-4H3. The van der Waals surface area contributed by atoms with E-state index in [9.17, 15) is 4.79 Å². The van der Waals surface area contributed by atoms with Crippen molar-refractivity contribution in [3.63, 3.8) is 0 Å². The Balaban J connectivity index is 1.78. The molecular weight excluding hydrogens is 304 g/mol. The van der Waals surface area contributed by atoms with Crippen LogP contribution in [0.15, 0.2) is 24.4 Å². The van der Waals surface area contributed by atoms with Gasteiger partial charge in [-0.25, -0.2) is 0 Å². The van der Waals surface area contributed by atoms with Gasteiger partial charge < -0.3 is 19.4 Å². The van der Waals surface area contributed by atoms with Crippen molar-refractivity contribution < 1.29 is 14.3 Å². The predicted octanol–water partition coefficient (Wildman–Crippen LogP) is 2.67. The maximum absolute atomic E-state index is 12.9. The first-order chi connectivity index (χ1) is 11.4. The maximum atomic E-state index is 12.9. The molecule has 1 aromatic heterocycles. The van der Waals surface area contributed by atoms with E-state index in [-0.39, 0.29) is 17.6 Å². The first kappa shape index (κ1) is 17.0. The van der Waals surface area contributed by atoms with Crippen molar-refractivity contribution in [1.29, 1.82) is 0 Å². The maximum Gasteiger partial charge on any atom is 0.227 e. The van der Waals surface area contributed by atoms with E-state index in [1.807, 2.05) is 37.1 Å². The Morgan fingerprint density at radius 3 is 3.00 bits per heavy atom. The van der Waals surface area contributed by atoms with Gasteiger partial charge in [-0.15, -0.1) is 0 Å². The molecule has 0 aliphatic carbocycles. The number of morpholine rings is 1. The molecule has 0 radical (unpaired) electrons. The van der Waals surface area contributed by atoms with Crippen LogP contribution >= 0.6 is 0 Å². The molecule has 2 heterocycles. The van der Waals surface area contributed by atoms with Crippen LogP contribution in [0.2, 0.25) is 0 Å². The highest BCUT2D eigenvalue weighted by molar-refractivity contribution is 5.91. The van der Waals surface area contributed by atoms with Gasteiger partial charge in [-0.05, 0) is 38.0 Å². The van der Waals surface area contributed by atoms with Crippen LogP contribution in [0.1, 0.15) is 25.0 Å². The number of amides is 1. The third kappa shape index (κ3) is 3.47. The van der Waals surface area contributed by atoms with E-state index >= 15 is 0 Å². The van der Waals surface area contributed by atoms with E-state index in [0.29, 0.717) is 26.1 Å². The fourth-order valence-electron chi connectivity index (χ4n) is 3.62. The van der Waals surface area contributed by atoms with Crippen LogP contribution in [0.4, 0.5) is 0 Å². The van der Waals surface area contributed by atoms with Gasteiger partial charge in [-0.2, -0.15) is 0 Å². The number of aromatic nitrogens is 1. The summed E-state index contributed by atoms with van der Waals surface area (Å²) in [6, 6.07) is 6.15. The van der Waals surface area contributed by atoms with Crippen LogP contribution in [-0.2, 0) is 20.7 Å². The minimum atomic E-state index is -0.354. The van der Waals surface area contributed by atoms with Crippen molar-refractivity contribution in [3.05, 3.63) is 35.5 Å². The van der Waals surface area contributed by atoms with Crippen molar-refractivity contribution in [1.82, 2.24) is 9.88 Å². The number of H-pyrrole nitrogens is 1. The zero-order valence-corrected chi connectivity index (χ0v) is 14.9. The van der Waals surface area contributed by atoms with Crippen LogP contribution in [0.3, 0.4) is 0 Å². The van der Waals surface area contributed by atoms with Gasteiger partial charge in [-0.1, -0.05) is 12.1 Å². The van der Waals surface area contributed by atoms with Gasteiger partial charge >= 0.3 is 0 Å². The number of benzene rings is 1. The molecule has 1 unspecified atom stereocenters. The lowest BCUT2D eigenvalue weighted by Gasteiger charge is -2.42. The minimum Gasteiger partial charge on any atom is -0.382 e. The van der Waals surface area contributed by atoms with Crippen molar-refractivity contribution in [2.45, 2.75) is 38.9 Å². The Morgan fingerprint density at radius 2 is 2.25 bits per heavy atom. The van der Waals surface area contributed by atoms with E-state index in [4.69, 9.17) is 9.47 Å². The number of hydrogen-bond donors (Lipinski definition) is 1. The number of ether oxygens (including phenoxy) is 2. The zero-order chi connectivity index (χ0) is 17.3. The zero-order valence-electron chi connectivity index (χ0n) is 14.9. The second-order valence-electron chi connectivity index (χ2n) is 7.22. The fraction of sp³-hybridized carbons (Fsp3) is 0.526. The molecule has 1 aromatic carbocycles. The summed E-state index contributed by atoms with van der Waals surface area (Å²) in [5.41, 5.74) is 2.97. The van der Waals surface area contributed by atoms with Crippen LogP contribution in [0, 0.1) is 6.92 Å². The lowest BCUT2D eigenvalue weighted by Crippen LogP contribution is -2.56. The molecule has 2 aromatic rings. The number of hydrogen-bond acceptors (Lipinski definition) is 3. The molecule has 0 bridgehead atoms. The number of rotatable bonds is 4. The van der Waals surface area contributed by atoms with E-state index < -0.39 is 0 Å². The van der Waals surface area contributed by atoms with Gasteiger partial charge in [0.1, 0.15) is 0 Å². The van der Waals surface area contributed by atoms with Gasteiger partial charge in [-0.3, -0.25) is 4.79 Å². The molecule has 0 saturated carbocycles. The molecular formula is C19H26N2O3. The Morgan fingerprint density at radius 1 is 1.46 bits per heavy atom.